The van der Waals surface area contributed by atoms with E-state index in [1.807, 2.05) is 0 Å². The van der Waals surface area contributed by atoms with Gasteiger partial charge in [0.1, 0.15) is 17.6 Å². The van der Waals surface area contributed by atoms with Crippen molar-refractivity contribution in [2.24, 2.45) is 5.92 Å². The standard InChI is InChI=1S/C14H19N3O4/c1-2-9-5-3-4-6-11(9)16-13-7-10(14(18)19)12(8-15-13)17(20)21/h7-9,11H,2-6H2,1H3,(H,15,16)(H,18,19). The molecular formula is C14H19N3O4. The first-order chi connectivity index (χ1) is 10.0. The van der Waals surface area contributed by atoms with Crippen molar-refractivity contribution in [2.45, 2.75) is 45.1 Å². The number of nitrogens with one attached hydrogen (secondary N) is 1. The normalized spacial score (nSPS) is 21.8. The fourth-order valence-electron chi connectivity index (χ4n) is 2.92. The summed E-state index contributed by atoms with van der Waals surface area (Å²) < 4.78 is 0. The van der Waals surface area contributed by atoms with Gasteiger partial charge < -0.3 is 10.4 Å². The number of carboxylic acid groups (broad SMARTS) is 1. The summed E-state index contributed by atoms with van der Waals surface area (Å²) in [6.45, 7) is 2.14. The van der Waals surface area contributed by atoms with E-state index in [9.17, 15) is 14.9 Å². The van der Waals surface area contributed by atoms with E-state index in [1.165, 1.54) is 12.5 Å². The van der Waals surface area contributed by atoms with Gasteiger partial charge in [0.05, 0.1) is 4.92 Å². The number of hydrogen-bond donors (Lipinski definition) is 2. The summed E-state index contributed by atoms with van der Waals surface area (Å²) in [6.07, 6.45) is 6.57. The molecule has 0 spiro atoms. The molecule has 21 heavy (non-hydrogen) atoms. The Balaban J connectivity index is 2.22. The quantitative estimate of drug-likeness (QED) is 0.638. The zero-order chi connectivity index (χ0) is 15.4. The molecule has 2 N–H and O–H groups in total. The lowest BCUT2D eigenvalue weighted by atomic mass is 9.83. The van der Waals surface area contributed by atoms with E-state index in [-0.39, 0.29) is 11.6 Å². The fraction of sp³-hybridized carbons (Fsp3) is 0.571. The maximum absolute atomic E-state index is 11.1. The summed E-state index contributed by atoms with van der Waals surface area (Å²) >= 11 is 0. The van der Waals surface area contributed by atoms with E-state index in [0.717, 1.165) is 31.9 Å². The highest BCUT2D eigenvalue weighted by atomic mass is 16.6. The first-order valence-corrected chi connectivity index (χ1v) is 7.17. The molecule has 1 saturated carbocycles. The lowest BCUT2D eigenvalue weighted by molar-refractivity contribution is -0.385. The molecule has 0 radical (unpaired) electrons. The monoisotopic (exact) mass is 293 g/mol. The van der Waals surface area contributed by atoms with Crippen LogP contribution in [0.5, 0.6) is 0 Å². The molecule has 0 aromatic carbocycles. The number of carbonyl (C=O) groups is 1. The van der Waals surface area contributed by atoms with Crippen LogP contribution in [0.4, 0.5) is 11.5 Å². The highest BCUT2D eigenvalue weighted by molar-refractivity contribution is 5.93. The largest absolute Gasteiger partial charge is 0.477 e. The maximum atomic E-state index is 11.1. The van der Waals surface area contributed by atoms with Gasteiger partial charge in [-0.1, -0.05) is 26.2 Å². The molecule has 7 nitrogen and oxygen atoms in total. The third-order valence-electron chi connectivity index (χ3n) is 4.08. The second kappa shape index (κ2) is 6.51. The molecule has 0 aliphatic heterocycles. The van der Waals surface area contributed by atoms with Crippen molar-refractivity contribution in [3.8, 4) is 0 Å². The number of rotatable bonds is 5. The van der Waals surface area contributed by atoms with Gasteiger partial charge in [0.2, 0.25) is 0 Å². The second-order valence-corrected chi connectivity index (χ2v) is 5.35. The minimum atomic E-state index is -1.32. The summed E-state index contributed by atoms with van der Waals surface area (Å²) in [7, 11) is 0. The summed E-state index contributed by atoms with van der Waals surface area (Å²) in [5.74, 6) is -0.393. The molecule has 0 bridgehead atoms. The number of pyridine rings is 1. The van der Waals surface area contributed by atoms with E-state index < -0.39 is 16.6 Å². The minimum absolute atomic E-state index is 0.249. The average molecular weight is 293 g/mol. The van der Waals surface area contributed by atoms with Crippen LogP contribution >= 0.6 is 0 Å². The number of nitrogens with zero attached hydrogens (tertiary/aromatic N) is 2. The molecule has 2 unspecified atom stereocenters. The number of aromatic carboxylic acids is 1. The van der Waals surface area contributed by atoms with Crippen molar-refractivity contribution >= 4 is 17.5 Å². The van der Waals surface area contributed by atoms with Crippen molar-refractivity contribution in [1.82, 2.24) is 4.98 Å². The lowest BCUT2D eigenvalue weighted by Crippen LogP contribution is -2.32. The zero-order valence-electron chi connectivity index (χ0n) is 11.9. The number of carboxylic acids is 1. The van der Waals surface area contributed by atoms with Crippen LogP contribution < -0.4 is 5.32 Å². The van der Waals surface area contributed by atoms with Crippen molar-refractivity contribution < 1.29 is 14.8 Å². The van der Waals surface area contributed by atoms with Gasteiger partial charge in [-0.25, -0.2) is 9.78 Å². The molecule has 0 saturated heterocycles. The van der Waals surface area contributed by atoms with E-state index >= 15 is 0 Å². The minimum Gasteiger partial charge on any atom is -0.477 e. The SMILES string of the molecule is CCC1CCCCC1Nc1cc(C(=O)O)c([N+](=O)[O-])cn1. The average Bonchev–Trinajstić information content (AvgIpc) is 2.47. The number of aromatic nitrogens is 1. The molecule has 1 heterocycles. The van der Waals surface area contributed by atoms with Gasteiger partial charge in [-0.3, -0.25) is 10.1 Å². The van der Waals surface area contributed by atoms with Crippen molar-refractivity contribution in [1.29, 1.82) is 0 Å². The van der Waals surface area contributed by atoms with E-state index in [1.54, 1.807) is 0 Å². The highest BCUT2D eigenvalue weighted by Gasteiger charge is 2.26. The zero-order valence-corrected chi connectivity index (χ0v) is 11.9. The van der Waals surface area contributed by atoms with Gasteiger partial charge in [0, 0.05) is 12.1 Å². The number of anilines is 1. The molecule has 1 aliphatic rings. The van der Waals surface area contributed by atoms with Crippen LogP contribution in [0.25, 0.3) is 0 Å². The molecule has 1 aromatic heterocycles. The summed E-state index contributed by atoms with van der Waals surface area (Å²) in [5.41, 5.74) is -0.815. The topological polar surface area (TPSA) is 105 Å². The van der Waals surface area contributed by atoms with E-state index in [2.05, 4.69) is 17.2 Å². The van der Waals surface area contributed by atoms with Crippen LogP contribution in [0, 0.1) is 16.0 Å². The van der Waals surface area contributed by atoms with Gasteiger partial charge in [-0.2, -0.15) is 0 Å². The van der Waals surface area contributed by atoms with Crippen molar-refractivity contribution in [3.63, 3.8) is 0 Å². The Kier molecular flexibility index (Phi) is 4.72. The van der Waals surface area contributed by atoms with E-state index in [4.69, 9.17) is 5.11 Å². The van der Waals surface area contributed by atoms with Crippen molar-refractivity contribution in [3.05, 3.63) is 27.9 Å². The Labute approximate surface area is 122 Å². The smallest absolute Gasteiger partial charge is 0.342 e. The van der Waals surface area contributed by atoms with Gasteiger partial charge >= 0.3 is 11.7 Å². The Hall–Kier alpha value is -2.18. The van der Waals surface area contributed by atoms with E-state index in [0.29, 0.717) is 11.7 Å². The predicted molar refractivity (Wildman–Crippen MR) is 77.5 cm³/mol. The Morgan fingerprint density at radius 3 is 2.86 bits per heavy atom. The number of nitro groups is 1. The summed E-state index contributed by atoms with van der Waals surface area (Å²) in [4.78, 5) is 25.2. The van der Waals surface area contributed by atoms with Crippen molar-refractivity contribution in [2.75, 3.05) is 5.32 Å². The Bertz CT molecular complexity index is 547. The molecule has 1 aliphatic carbocycles. The predicted octanol–water partition coefficient (Wildman–Crippen LogP) is 3.07. The molecular weight excluding hydrogens is 274 g/mol. The first-order valence-electron chi connectivity index (χ1n) is 7.17. The molecule has 0 amide bonds. The van der Waals surface area contributed by atoms with Crippen LogP contribution in [0.15, 0.2) is 12.3 Å². The van der Waals surface area contributed by atoms with Crippen LogP contribution in [0.3, 0.4) is 0 Å². The van der Waals surface area contributed by atoms with Crippen LogP contribution in [0.1, 0.15) is 49.4 Å². The molecule has 7 heteroatoms. The summed E-state index contributed by atoms with van der Waals surface area (Å²) in [5, 5.41) is 23.1. The maximum Gasteiger partial charge on any atom is 0.342 e. The molecule has 2 rings (SSSR count). The Morgan fingerprint density at radius 1 is 1.52 bits per heavy atom. The fourth-order valence-corrected chi connectivity index (χ4v) is 2.92. The second-order valence-electron chi connectivity index (χ2n) is 5.35. The molecule has 1 aromatic rings. The van der Waals surface area contributed by atoms with Crippen LogP contribution in [-0.2, 0) is 0 Å². The van der Waals surface area contributed by atoms with Gasteiger partial charge in [-0.05, 0) is 18.8 Å². The number of hydrogen-bond acceptors (Lipinski definition) is 5. The third-order valence-corrected chi connectivity index (χ3v) is 4.08. The highest BCUT2D eigenvalue weighted by Crippen LogP contribution is 2.30. The Morgan fingerprint density at radius 2 is 2.24 bits per heavy atom. The first kappa shape index (κ1) is 15.2. The third kappa shape index (κ3) is 3.48. The molecule has 114 valence electrons. The van der Waals surface area contributed by atoms with Crippen LogP contribution in [-0.4, -0.2) is 27.0 Å². The molecule has 1 fully saturated rings. The van der Waals surface area contributed by atoms with Gasteiger partial charge in [0.25, 0.3) is 0 Å². The van der Waals surface area contributed by atoms with Crippen LogP contribution in [0.2, 0.25) is 0 Å². The van der Waals surface area contributed by atoms with Gasteiger partial charge in [0.15, 0.2) is 0 Å². The summed E-state index contributed by atoms with van der Waals surface area (Å²) in [6, 6.07) is 1.50. The molecule has 2 atom stereocenters. The lowest BCUT2D eigenvalue weighted by Gasteiger charge is -2.31. The van der Waals surface area contributed by atoms with Gasteiger partial charge in [-0.15, -0.1) is 0 Å².